The minimum Gasteiger partial charge on any atom is -0.497 e. The molecule has 0 spiro atoms. The number of carbonyl (C=O) groups is 3. The van der Waals surface area contributed by atoms with Crippen molar-refractivity contribution in [1.29, 1.82) is 0 Å². The highest BCUT2D eigenvalue weighted by Gasteiger charge is 2.17. The summed E-state index contributed by atoms with van der Waals surface area (Å²) in [5.41, 5.74) is 2.36. The molecule has 0 fully saturated rings. The molecule has 1 heterocycles. The van der Waals surface area contributed by atoms with Crippen LogP contribution in [0.25, 0.3) is 17.3 Å². The molecule has 0 aliphatic rings. The smallest absolute Gasteiger partial charge is 0.272 e. The number of nitrogens with one attached hydrogen (secondary N) is 3. The van der Waals surface area contributed by atoms with Crippen molar-refractivity contribution >= 4 is 63.4 Å². The van der Waals surface area contributed by atoms with Gasteiger partial charge < -0.3 is 25.4 Å². The fraction of sp³-hybridized carbons (Fsp3) is 0.0857. The van der Waals surface area contributed by atoms with Crippen molar-refractivity contribution in [2.75, 3.05) is 30.6 Å². The molecule has 0 radical (unpaired) electrons. The van der Waals surface area contributed by atoms with Crippen LogP contribution in [0, 0.1) is 10.1 Å². The van der Waals surface area contributed by atoms with E-state index in [9.17, 15) is 24.5 Å². The first kappa shape index (κ1) is 34.3. The van der Waals surface area contributed by atoms with Gasteiger partial charge in [0.2, 0.25) is 5.91 Å². The number of carbonyl (C=O) groups excluding carboxylic acids is 3. The summed E-state index contributed by atoms with van der Waals surface area (Å²) in [5.74, 6) is -0.297. The average molecular weight is 696 g/mol. The van der Waals surface area contributed by atoms with Gasteiger partial charge in [-0.3, -0.25) is 24.5 Å². The van der Waals surface area contributed by atoms with Gasteiger partial charge in [-0.15, -0.1) is 23.1 Å². The number of benzene rings is 4. The summed E-state index contributed by atoms with van der Waals surface area (Å²) in [6, 6.07) is 26.7. The van der Waals surface area contributed by atoms with Crippen molar-refractivity contribution in [2.24, 2.45) is 0 Å². The molecule has 0 bridgehead atoms. The van der Waals surface area contributed by atoms with Crippen molar-refractivity contribution in [2.45, 2.75) is 4.90 Å². The van der Waals surface area contributed by atoms with E-state index in [1.165, 1.54) is 55.5 Å². The highest BCUT2D eigenvalue weighted by molar-refractivity contribution is 8.00. The standard InChI is InChI=1S/C35H29N5O7S2/c1-46-27-15-14-24(31(19-27)47-2)17-29(37-33(42)22-8-4-3-5-9-22)34(43)36-25-11-7-13-28(18-25)48-21-32(41)39-35-38-30(20-49-35)23-10-6-12-26(16-23)40(44)45/h3-20H,21H2,1-2H3,(H,36,43)(H,37,42)(H,38,39,41)/b29-17+. The lowest BCUT2D eigenvalue weighted by Gasteiger charge is -2.13. The lowest BCUT2D eigenvalue weighted by molar-refractivity contribution is -0.384. The minimum atomic E-state index is -0.578. The molecule has 0 atom stereocenters. The first-order valence-corrected chi connectivity index (χ1v) is 16.4. The van der Waals surface area contributed by atoms with E-state index in [4.69, 9.17) is 9.47 Å². The molecular formula is C35H29N5O7S2. The summed E-state index contributed by atoms with van der Waals surface area (Å²) in [7, 11) is 3.02. The van der Waals surface area contributed by atoms with Crippen LogP contribution in [-0.2, 0) is 9.59 Å². The topological polar surface area (TPSA) is 162 Å². The van der Waals surface area contributed by atoms with Gasteiger partial charge in [0.05, 0.1) is 30.6 Å². The number of nitro benzene ring substituents is 1. The van der Waals surface area contributed by atoms with Gasteiger partial charge >= 0.3 is 0 Å². The number of nitrogens with zero attached hydrogens (tertiary/aromatic N) is 2. The number of rotatable bonds is 13. The Morgan fingerprint density at radius 1 is 0.918 bits per heavy atom. The van der Waals surface area contributed by atoms with Gasteiger partial charge in [0, 0.05) is 50.9 Å². The van der Waals surface area contributed by atoms with Gasteiger partial charge in [0.1, 0.15) is 17.2 Å². The Kier molecular flexibility index (Phi) is 11.4. The van der Waals surface area contributed by atoms with E-state index >= 15 is 0 Å². The molecule has 5 rings (SSSR count). The first-order chi connectivity index (χ1) is 23.7. The van der Waals surface area contributed by atoms with Crippen LogP contribution in [0.5, 0.6) is 11.5 Å². The van der Waals surface area contributed by atoms with Crippen LogP contribution in [0.1, 0.15) is 15.9 Å². The number of hydrogen-bond donors (Lipinski definition) is 3. The highest BCUT2D eigenvalue weighted by atomic mass is 32.2. The normalized spacial score (nSPS) is 10.9. The molecular weight excluding hydrogens is 667 g/mol. The zero-order valence-corrected chi connectivity index (χ0v) is 27.8. The van der Waals surface area contributed by atoms with Crippen LogP contribution in [0.2, 0.25) is 0 Å². The number of amides is 3. The molecule has 0 aliphatic heterocycles. The van der Waals surface area contributed by atoms with Gasteiger partial charge in [-0.1, -0.05) is 36.4 Å². The number of hydrogen-bond acceptors (Lipinski definition) is 10. The Morgan fingerprint density at radius 2 is 1.71 bits per heavy atom. The monoisotopic (exact) mass is 695 g/mol. The van der Waals surface area contributed by atoms with Gasteiger partial charge in [-0.25, -0.2) is 4.98 Å². The van der Waals surface area contributed by atoms with Crippen LogP contribution >= 0.6 is 23.1 Å². The number of ether oxygens (including phenoxy) is 2. The predicted octanol–water partition coefficient (Wildman–Crippen LogP) is 6.88. The molecule has 0 saturated heterocycles. The van der Waals surface area contributed by atoms with Crippen molar-refractivity contribution < 1.29 is 28.8 Å². The van der Waals surface area contributed by atoms with Crippen molar-refractivity contribution in [3.05, 3.63) is 129 Å². The summed E-state index contributed by atoms with van der Waals surface area (Å²) in [6.07, 6.45) is 1.51. The number of thioether (sulfide) groups is 1. The van der Waals surface area contributed by atoms with Crippen LogP contribution in [0.15, 0.2) is 113 Å². The third kappa shape index (κ3) is 9.31. The second kappa shape index (κ2) is 16.2. The van der Waals surface area contributed by atoms with Crippen molar-refractivity contribution in [1.82, 2.24) is 10.3 Å². The van der Waals surface area contributed by atoms with E-state index in [2.05, 4.69) is 20.9 Å². The van der Waals surface area contributed by atoms with E-state index in [1.807, 2.05) is 0 Å². The molecule has 0 saturated carbocycles. The Hall–Kier alpha value is -5.99. The third-order valence-corrected chi connectivity index (χ3v) is 8.59. The lowest BCUT2D eigenvalue weighted by atomic mass is 10.1. The van der Waals surface area contributed by atoms with Crippen LogP contribution in [0.4, 0.5) is 16.5 Å². The summed E-state index contributed by atoms with van der Waals surface area (Å²) in [6.45, 7) is 0. The number of aromatic nitrogens is 1. The zero-order valence-electron chi connectivity index (χ0n) is 26.2. The lowest BCUT2D eigenvalue weighted by Crippen LogP contribution is -2.30. The summed E-state index contributed by atoms with van der Waals surface area (Å²) >= 11 is 2.46. The van der Waals surface area contributed by atoms with E-state index < -0.39 is 16.7 Å². The largest absolute Gasteiger partial charge is 0.497 e. The molecule has 14 heteroatoms. The Labute approximate surface area is 289 Å². The number of thiazole rings is 1. The van der Waals surface area contributed by atoms with E-state index in [-0.39, 0.29) is 23.0 Å². The number of anilines is 2. The second-order valence-electron chi connectivity index (χ2n) is 10.2. The van der Waals surface area contributed by atoms with Crippen LogP contribution in [-0.4, -0.2) is 47.6 Å². The van der Waals surface area contributed by atoms with Crippen LogP contribution < -0.4 is 25.4 Å². The summed E-state index contributed by atoms with van der Waals surface area (Å²) in [4.78, 5) is 55.1. The molecule has 4 aromatic carbocycles. The quantitative estimate of drug-likeness (QED) is 0.0516. The molecule has 5 aromatic rings. The average Bonchev–Trinajstić information content (AvgIpc) is 3.59. The number of non-ortho nitro benzene ring substituents is 1. The molecule has 0 unspecified atom stereocenters. The van der Waals surface area contributed by atoms with Gasteiger partial charge in [0.25, 0.3) is 17.5 Å². The molecule has 3 amide bonds. The van der Waals surface area contributed by atoms with Gasteiger partial charge in [-0.05, 0) is 48.5 Å². The number of nitro groups is 1. The summed E-state index contributed by atoms with van der Waals surface area (Å²) < 4.78 is 10.7. The maximum absolute atomic E-state index is 13.6. The molecule has 0 aliphatic carbocycles. The fourth-order valence-electron chi connectivity index (χ4n) is 4.44. The SMILES string of the molecule is COc1ccc(/C=C(/NC(=O)c2ccccc2)C(=O)Nc2cccc(SCC(=O)Nc3nc(-c4cccc([N+](=O)[O-])c4)cs3)c2)c(OC)c1. The fourth-order valence-corrected chi connectivity index (χ4v) is 5.94. The maximum Gasteiger partial charge on any atom is 0.272 e. The van der Waals surface area contributed by atoms with Gasteiger partial charge in [-0.2, -0.15) is 0 Å². The van der Waals surface area contributed by atoms with Crippen molar-refractivity contribution in [3.63, 3.8) is 0 Å². The molecule has 49 heavy (non-hydrogen) atoms. The second-order valence-corrected chi connectivity index (χ2v) is 12.1. The Bertz CT molecular complexity index is 2030. The Balaban J connectivity index is 1.26. The molecule has 1 aromatic heterocycles. The van der Waals surface area contributed by atoms with Crippen LogP contribution in [0.3, 0.4) is 0 Å². The Morgan fingerprint density at radius 3 is 2.47 bits per heavy atom. The zero-order chi connectivity index (χ0) is 34.8. The first-order valence-electron chi connectivity index (χ1n) is 14.6. The van der Waals surface area contributed by atoms with Gasteiger partial charge in [0.15, 0.2) is 5.13 Å². The minimum absolute atomic E-state index is 0.0253. The molecule has 3 N–H and O–H groups in total. The van der Waals surface area contributed by atoms with E-state index in [0.717, 1.165) is 0 Å². The predicted molar refractivity (Wildman–Crippen MR) is 190 cm³/mol. The molecule has 12 nitrogen and oxygen atoms in total. The highest BCUT2D eigenvalue weighted by Crippen LogP contribution is 2.29. The summed E-state index contributed by atoms with van der Waals surface area (Å²) in [5, 5.41) is 21.5. The number of methoxy groups -OCH3 is 2. The van der Waals surface area contributed by atoms with Crippen molar-refractivity contribution in [3.8, 4) is 22.8 Å². The van der Waals surface area contributed by atoms with E-state index in [1.54, 1.807) is 90.3 Å². The van der Waals surface area contributed by atoms with E-state index in [0.29, 0.717) is 49.6 Å². The molecule has 248 valence electrons. The maximum atomic E-state index is 13.6. The third-order valence-electron chi connectivity index (χ3n) is 6.83.